The number of thioether (sulfide) groups is 1. The molecule has 3 heterocycles. The van der Waals surface area contributed by atoms with Crippen molar-refractivity contribution in [2.45, 2.75) is 0 Å². The van der Waals surface area contributed by atoms with Crippen molar-refractivity contribution in [3.8, 4) is 11.8 Å². The summed E-state index contributed by atoms with van der Waals surface area (Å²) in [7, 11) is 1.33. The second kappa shape index (κ2) is 7.91. The van der Waals surface area contributed by atoms with Gasteiger partial charge in [0.2, 0.25) is 0 Å². The third-order valence-electron chi connectivity index (χ3n) is 3.98. The smallest absolute Gasteiger partial charge is 0.337 e. The van der Waals surface area contributed by atoms with Gasteiger partial charge in [0, 0.05) is 29.4 Å². The minimum absolute atomic E-state index is 0.246. The molecular weight excluding hydrogens is 408 g/mol. The molecule has 1 fully saturated rings. The van der Waals surface area contributed by atoms with Crippen LogP contribution in [-0.4, -0.2) is 28.3 Å². The van der Waals surface area contributed by atoms with Gasteiger partial charge in [-0.1, -0.05) is 41.9 Å². The lowest BCUT2D eigenvalue weighted by Gasteiger charge is -1.98. The van der Waals surface area contributed by atoms with Crippen LogP contribution in [0.3, 0.4) is 0 Å². The van der Waals surface area contributed by atoms with Crippen molar-refractivity contribution in [2.75, 3.05) is 7.11 Å². The number of hydrogen-bond acceptors (Lipinski definition) is 7. The van der Waals surface area contributed by atoms with E-state index in [0.717, 1.165) is 5.39 Å². The third kappa shape index (κ3) is 4.06. The molecule has 1 saturated heterocycles. The molecule has 2 aromatic heterocycles. The van der Waals surface area contributed by atoms with E-state index in [-0.39, 0.29) is 5.91 Å². The Bertz CT molecular complexity index is 1260. The number of carbonyl (C=O) groups is 2. The average molecular weight is 420 g/mol. The number of benzene rings is 1. The number of pyridine rings is 1. The highest BCUT2D eigenvalue weighted by molar-refractivity contribution is 8.26. The van der Waals surface area contributed by atoms with Crippen molar-refractivity contribution in [3.05, 3.63) is 70.1 Å². The molecule has 4 rings (SSSR count). The number of aromatic nitrogens is 1. The molecule has 8 heteroatoms. The van der Waals surface area contributed by atoms with Crippen LogP contribution in [0.1, 0.15) is 27.2 Å². The summed E-state index contributed by atoms with van der Waals surface area (Å²) in [5, 5.41) is 3.33. The first-order valence-corrected chi connectivity index (χ1v) is 9.59. The highest BCUT2D eigenvalue weighted by atomic mass is 32.2. The molecule has 1 amide bonds. The van der Waals surface area contributed by atoms with Gasteiger partial charge in [-0.3, -0.25) is 9.78 Å². The van der Waals surface area contributed by atoms with Crippen molar-refractivity contribution in [2.24, 2.45) is 0 Å². The van der Waals surface area contributed by atoms with Crippen molar-refractivity contribution < 1.29 is 18.7 Å². The fraction of sp³-hybridized carbons (Fsp3) is 0.0476. The van der Waals surface area contributed by atoms with E-state index in [9.17, 15) is 9.59 Å². The zero-order chi connectivity index (χ0) is 20.4. The number of esters is 1. The van der Waals surface area contributed by atoms with Gasteiger partial charge in [0.15, 0.2) is 5.58 Å². The predicted octanol–water partition coefficient (Wildman–Crippen LogP) is 3.50. The minimum atomic E-state index is -0.422. The van der Waals surface area contributed by atoms with Crippen molar-refractivity contribution >= 4 is 57.2 Å². The lowest BCUT2D eigenvalue weighted by atomic mass is 10.1. The van der Waals surface area contributed by atoms with Crippen molar-refractivity contribution in [3.63, 3.8) is 0 Å². The van der Waals surface area contributed by atoms with Crippen LogP contribution < -0.4 is 5.32 Å². The molecule has 29 heavy (non-hydrogen) atoms. The largest absolute Gasteiger partial charge is 0.465 e. The monoisotopic (exact) mass is 420 g/mol. The Morgan fingerprint density at radius 3 is 2.93 bits per heavy atom. The Balaban J connectivity index is 1.68. The molecule has 0 spiro atoms. The van der Waals surface area contributed by atoms with Gasteiger partial charge >= 0.3 is 5.97 Å². The maximum absolute atomic E-state index is 11.8. The Labute approximate surface area is 175 Å². The second-order valence-electron chi connectivity index (χ2n) is 5.93. The molecule has 0 radical (unpaired) electrons. The molecule has 1 aromatic carbocycles. The number of nitrogens with zero attached hydrogens (tertiary/aromatic N) is 1. The third-order valence-corrected chi connectivity index (χ3v) is 5.14. The summed E-state index contributed by atoms with van der Waals surface area (Å²) in [6.45, 7) is 0. The highest BCUT2D eigenvalue weighted by Gasteiger charge is 2.22. The van der Waals surface area contributed by atoms with Gasteiger partial charge in [0.05, 0.1) is 23.1 Å². The Morgan fingerprint density at radius 2 is 2.17 bits per heavy atom. The first kappa shape index (κ1) is 18.9. The van der Waals surface area contributed by atoms with Gasteiger partial charge in [0.1, 0.15) is 10.1 Å². The number of amides is 1. The molecule has 0 bridgehead atoms. The van der Waals surface area contributed by atoms with E-state index < -0.39 is 5.97 Å². The van der Waals surface area contributed by atoms with Crippen LogP contribution in [-0.2, 0) is 9.53 Å². The standard InChI is InChI=1S/C21H12N2O4S2/c1-26-20(25)13-4-2-3-12(7-13)5-6-14-10-22-11-15-8-16(27-18(14)15)9-17-19(24)23-21(28)29-17/h2-4,7-11H,1H3,(H,23,24,28)/b17-9+. The fourth-order valence-electron chi connectivity index (χ4n) is 2.67. The van der Waals surface area contributed by atoms with Gasteiger partial charge in [-0.05, 0) is 24.3 Å². The number of hydrogen-bond donors (Lipinski definition) is 1. The molecular formula is C21H12N2O4S2. The van der Waals surface area contributed by atoms with Crippen molar-refractivity contribution in [1.29, 1.82) is 0 Å². The maximum atomic E-state index is 11.8. The van der Waals surface area contributed by atoms with Crippen LogP contribution in [0.5, 0.6) is 0 Å². The van der Waals surface area contributed by atoms with Crippen LogP contribution in [0.15, 0.2) is 52.0 Å². The van der Waals surface area contributed by atoms with E-state index >= 15 is 0 Å². The molecule has 0 unspecified atom stereocenters. The van der Waals surface area contributed by atoms with Crippen molar-refractivity contribution in [1.82, 2.24) is 10.3 Å². The van der Waals surface area contributed by atoms with Crippen LogP contribution in [0.25, 0.3) is 17.0 Å². The highest BCUT2D eigenvalue weighted by Crippen LogP contribution is 2.29. The zero-order valence-corrected chi connectivity index (χ0v) is 16.6. The topological polar surface area (TPSA) is 81.4 Å². The number of carbonyl (C=O) groups excluding carboxylic acids is 2. The van der Waals surface area contributed by atoms with Gasteiger partial charge in [-0.2, -0.15) is 0 Å². The molecule has 0 saturated carbocycles. The van der Waals surface area contributed by atoms with E-state index in [4.69, 9.17) is 21.4 Å². The molecule has 0 aliphatic carbocycles. The number of ether oxygens (including phenoxy) is 1. The summed E-state index contributed by atoms with van der Waals surface area (Å²) in [4.78, 5) is 28.2. The normalized spacial score (nSPS) is 14.6. The van der Waals surface area contributed by atoms with Crippen LogP contribution in [0.4, 0.5) is 0 Å². The Kier molecular flexibility index (Phi) is 5.16. The van der Waals surface area contributed by atoms with Gasteiger partial charge < -0.3 is 14.5 Å². The summed E-state index contributed by atoms with van der Waals surface area (Å²) < 4.78 is 11.0. The maximum Gasteiger partial charge on any atom is 0.337 e. The minimum Gasteiger partial charge on any atom is -0.465 e. The number of methoxy groups -OCH3 is 1. The SMILES string of the molecule is COC(=O)c1cccc(C#Cc2cncc3cc(/C=C4/SC(=S)NC4=O)oc23)c1. The molecule has 1 aliphatic rings. The molecule has 6 nitrogen and oxygen atoms in total. The predicted molar refractivity (Wildman–Crippen MR) is 114 cm³/mol. The number of furan rings is 1. The first-order chi connectivity index (χ1) is 14.0. The van der Waals surface area contributed by atoms with E-state index in [1.165, 1.54) is 18.9 Å². The zero-order valence-electron chi connectivity index (χ0n) is 15.0. The molecule has 1 N–H and O–H groups in total. The average Bonchev–Trinajstić information content (AvgIpc) is 3.28. The Morgan fingerprint density at radius 1 is 1.31 bits per heavy atom. The van der Waals surface area contributed by atoms with Crippen LogP contribution in [0.2, 0.25) is 0 Å². The fourth-order valence-corrected chi connectivity index (χ4v) is 3.70. The number of thiocarbonyl (C=S) groups is 1. The molecule has 3 aromatic rings. The van der Waals surface area contributed by atoms with E-state index in [0.29, 0.717) is 37.3 Å². The summed E-state index contributed by atoms with van der Waals surface area (Å²) in [6, 6.07) is 8.64. The van der Waals surface area contributed by atoms with Gasteiger partial charge in [-0.15, -0.1) is 0 Å². The van der Waals surface area contributed by atoms with E-state index in [2.05, 4.69) is 22.1 Å². The summed E-state index contributed by atoms with van der Waals surface area (Å²) >= 11 is 6.18. The molecule has 1 aliphatic heterocycles. The van der Waals surface area contributed by atoms with Gasteiger partial charge in [-0.25, -0.2) is 4.79 Å². The summed E-state index contributed by atoms with van der Waals surface area (Å²) in [5.41, 5.74) is 2.24. The lowest BCUT2D eigenvalue weighted by Crippen LogP contribution is -2.17. The van der Waals surface area contributed by atoms with Crippen LogP contribution >= 0.6 is 24.0 Å². The molecule has 0 atom stereocenters. The van der Waals surface area contributed by atoms with Crippen LogP contribution in [0, 0.1) is 11.8 Å². The number of rotatable bonds is 2. The quantitative estimate of drug-likeness (QED) is 0.294. The summed E-state index contributed by atoms with van der Waals surface area (Å²) in [5.74, 6) is 5.87. The molecule has 142 valence electrons. The Hall–Kier alpha value is -3.41. The first-order valence-electron chi connectivity index (χ1n) is 8.36. The summed E-state index contributed by atoms with van der Waals surface area (Å²) in [6.07, 6.45) is 4.90. The second-order valence-corrected chi connectivity index (χ2v) is 7.65. The lowest BCUT2D eigenvalue weighted by molar-refractivity contribution is -0.115. The number of nitrogens with one attached hydrogen (secondary N) is 1. The van der Waals surface area contributed by atoms with E-state index in [1.54, 1.807) is 48.8 Å². The number of fused-ring (bicyclic) bond motifs is 1. The van der Waals surface area contributed by atoms with Gasteiger partial charge in [0.25, 0.3) is 5.91 Å². The van der Waals surface area contributed by atoms with E-state index in [1.807, 2.05) is 0 Å².